The van der Waals surface area contributed by atoms with Crippen molar-refractivity contribution >= 4 is 11.6 Å². The summed E-state index contributed by atoms with van der Waals surface area (Å²) in [6.07, 6.45) is 2.96. The van der Waals surface area contributed by atoms with Crippen LogP contribution < -0.4 is 11.2 Å². The van der Waals surface area contributed by atoms with Crippen molar-refractivity contribution in [3.63, 3.8) is 0 Å². The zero-order chi connectivity index (χ0) is 14.7. The highest BCUT2D eigenvalue weighted by Crippen LogP contribution is 2.09. The van der Waals surface area contributed by atoms with Crippen molar-refractivity contribution < 1.29 is 0 Å². The van der Waals surface area contributed by atoms with Crippen LogP contribution in [-0.2, 0) is 13.0 Å². The van der Waals surface area contributed by atoms with Crippen molar-refractivity contribution in [1.82, 2.24) is 14.5 Å². The van der Waals surface area contributed by atoms with Crippen LogP contribution in [0.2, 0.25) is 5.15 Å². The van der Waals surface area contributed by atoms with Crippen LogP contribution in [0.25, 0.3) is 0 Å². The molecule has 0 aliphatic rings. The van der Waals surface area contributed by atoms with Gasteiger partial charge in [0.05, 0.1) is 17.8 Å². The summed E-state index contributed by atoms with van der Waals surface area (Å²) in [4.78, 5) is 31.0. The van der Waals surface area contributed by atoms with E-state index in [0.29, 0.717) is 17.7 Å². The van der Waals surface area contributed by atoms with E-state index in [1.165, 1.54) is 0 Å². The second-order valence-electron chi connectivity index (χ2n) is 4.63. The number of hydrogen-bond donors (Lipinski definition) is 1. The summed E-state index contributed by atoms with van der Waals surface area (Å²) >= 11 is 5.94. The largest absolute Gasteiger partial charge is 0.329 e. The van der Waals surface area contributed by atoms with Crippen LogP contribution in [0.4, 0.5) is 0 Å². The van der Waals surface area contributed by atoms with E-state index in [4.69, 9.17) is 11.6 Å². The Labute approximate surface area is 121 Å². The van der Waals surface area contributed by atoms with Crippen molar-refractivity contribution in [3.8, 4) is 0 Å². The highest BCUT2D eigenvalue weighted by atomic mass is 35.5. The van der Waals surface area contributed by atoms with Crippen LogP contribution in [0.5, 0.6) is 0 Å². The summed E-state index contributed by atoms with van der Waals surface area (Å²) in [5.41, 5.74) is 1.23. The molecule has 0 amide bonds. The van der Waals surface area contributed by atoms with Crippen LogP contribution in [-0.4, -0.2) is 14.5 Å². The number of pyridine rings is 1. The Hall–Kier alpha value is -1.88. The highest BCUT2D eigenvalue weighted by molar-refractivity contribution is 6.30. The minimum Gasteiger partial charge on any atom is -0.297 e. The van der Waals surface area contributed by atoms with Gasteiger partial charge in [-0.2, -0.15) is 0 Å². The van der Waals surface area contributed by atoms with E-state index in [1.807, 2.05) is 26.0 Å². The molecule has 0 saturated carbocycles. The van der Waals surface area contributed by atoms with Crippen LogP contribution >= 0.6 is 11.6 Å². The summed E-state index contributed by atoms with van der Waals surface area (Å²) in [6, 6.07) is 3.71. The van der Waals surface area contributed by atoms with Gasteiger partial charge in [0.25, 0.3) is 5.56 Å². The average Bonchev–Trinajstić information content (AvgIpc) is 2.41. The van der Waals surface area contributed by atoms with Gasteiger partial charge < -0.3 is 0 Å². The lowest BCUT2D eigenvalue weighted by atomic mass is 10.2. The predicted octanol–water partition coefficient (Wildman–Crippen LogP) is 1.89. The zero-order valence-electron chi connectivity index (χ0n) is 11.4. The third-order valence-corrected chi connectivity index (χ3v) is 3.48. The SMILES string of the molecule is CCCc1c(Cl)[nH]c(=O)n(Cc2ncccc2C)c1=O. The topological polar surface area (TPSA) is 67.8 Å². The molecule has 2 rings (SSSR count). The molecule has 0 aliphatic carbocycles. The molecule has 2 heterocycles. The van der Waals surface area contributed by atoms with E-state index < -0.39 is 5.69 Å². The van der Waals surface area contributed by atoms with Crippen LogP contribution in [0.3, 0.4) is 0 Å². The molecule has 20 heavy (non-hydrogen) atoms. The van der Waals surface area contributed by atoms with Gasteiger partial charge in [0.15, 0.2) is 0 Å². The van der Waals surface area contributed by atoms with Crippen LogP contribution in [0, 0.1) is 6.92 Å². The summed E-state index contributed by atoms with van der Waals surface area (Å²) in [5.74, 6) is 0. The minimum absolute atomic E-state index is 0.135. The molecule has 5 nitrogen and oxygen atoms in total. The molecule has 0 saturated heterocycles. The van der Waals surface area contributed by atoms with Crippen molar-refractivity contribution in [1.29, 1.82) is 0 Å². The molecular formula is C14H16ClN3O2. The molecule has 0 aliphatic heterocycles. The van der Waals surface area contributed by atoms with Crippen LogP contribution in [0.1, 0.15) is 30.2 Å². The molecule has 1 N–H and O–H groups in total. The standard InChI is InChI=1S/C14H16ClN3O2/c1-3-5-10-12(15)17-14(20)18(13(10)19)8-11-9(2)6-4-7-16-11/h4,6-7H,3,5,8H2,1-2H3,(H,17,20). The van der Waals surface area contributed by atoms with Crippen molar-refractivity contribution in [2.45, 2.75) is 33.2 Å². The number of nitrogens with zero attached hydrogens (tertiary/aromatic N) is 2. The first-order valence-electron chi connectivity index (χ1n) is 6.46. The van der Waals surface area contributed by atoms with Gasteiger partial charge in [-0.15, -0.1) is 0 Å². The van der Waals surface area contributed by atoms with Gasteiger partial charge in [-0.05, 0) is 25.0 Å². The molecule has 6 heteroatoms. The lowest BCUT2D eigenvalue weighted by Gasteiger charge is -2.09. The third-order valence-electron chi connectivity index (χ3n) is 3.16. The molecule has 2 aromatic rings. The first-order chi connectivity index (χ1) is 9.54. The molecule has 0 bridgehead atoms. The van der Waals surface area contributed by atoms with Gasteiger partial charge in [0, 0.05) is 6.20 Å². The van der Waals surface area contributed by atoms with E-state index in [1.54, 1.807) is 6.20 Å². The lowest BCUT2D eigenvalue weighted by molar-refractivity contribution is 0.665. The number of rotatable bonds is 4. The normalized spacial score (nSPS) is 10.8. The monoisotopic (exact) mass is 293 g/mol. The summed E-state index contributed by atoms with van der Waals surface area (Å²) in [7, 11) is 0. The fourth-order valence-electron chi connectivity index (χ4n) is 2.03. The number of aromatic amines is 1. The average molecular weight is 294 g/mol. The third kappa shape index (κ3) is 2.82. The molecule has 0 spiro atoms. The van der Waals surface area contributed by atoms with Gasteiger partial charge >= 0.3 is 5.69 Å². The molecule has 106 valence electrons. The number of aromatic nitrogens is 3. The second-order valence-corrected chi connectivity index (χ2v) is 5.01. The van der Waals surface area contributed by atoms with E-state index in [0.717, 1.165) is 16.6 Å². The van der Waals surface area contributed by atoms with E-state index in [2.05, 4.69) is 9.97 Å². The molecule has 2 aromatic heterocycles. The predicted molar refractivity (Wildman–Crippen MR) is 78.4 cm³/mol. The fourth-order valence-corrected chi connectivity index (χ4v) is 2.29. The maximum absolute atomic E-state index is 12.3. The van der Waals surface area contributed by atoms with E-state index in [-0.39, 0.29) is 17.3 Å². The summed E-state index contributed by atoms with van der Waals surface area (Å²) in [5, 5.41) is 0.135. The van der Waals surface area contributed by atoms with Crippen molar-refractivity contribution in [2.24, 2.45) is 0 Å². The Morgan fingerprint density at radius 1 is 1.40 bits per heavy atom. The number of nitrogens with one attached hydrogen (secondary N) is 1. The van der Waals surface area contributed by atoms with E-state index in [9.17, 15) is 9.59 Å². The summed E-state index contributed by atoms with van der Waals surface area (Å²) in [6.45, 7) is 3.99. The number of aryl methyl sites for hydroxylation is 1. The summed E-state index contributed by atoms with van der Waals surface area (Å²) < 4.78 is 1.15. The van der Waals surface area contributed by atoms with Gasteiger partial charge in [-0.25, -0.2) is 4.79 Å². The first-order valence-corrected chi connectivity index (χ1v) is 6.84. The second kappa shape index (κ2) is 6.05. The molecule has 0 unspecified atom stereocenters. The Bertz CT molecular complexity index is 734. The molecule has 0 aromatic carbocycles. The number of halogens is 1. The Balaban J connectivity index is 2.53. The fraction of sp³-hybridized carbons (Fsp3) is 0.357. The number of H-pyrrole nitrogens is 1. The molecule has 0 radical (unpaired) electrons. The highest BCUT2D eigenvalue weighted by Gasteiger charge is 2.13. The number of hydrogen-bond acceptors (Lipinski definition) is 3. The van der Waals surface area contributed by atoms with Gasteiger partial charge in [-0.3, -0.25) is 19.3 Å². The van der Waals surface area contributed by atoms with Gasteiger partial charge in [-0.1, -0.05) is 31.0 Å². The first kappa shape index (κ1) is 14.5. The Morgan fingerprint density at radius 2 is 2.15 bits per heavy atom. The molecular weight excluding hydrogens is 278 g/mol. The maximum Gasteiger partial charge on any atom is 0.329 e. The van der Waals surface area contributed by atoms with Gasteiger partial charge in [0.2, 0.25) is 0 Å². The van der Waals surface area contributed by atoms with Crippen LogP contribution in [0.15, 0.2) is 27.9 Å². The van der Waals surface area contributed by atoms with Gasteiger partial charge in [0.1, 0.15) is 5.15 Å². The maximum atomic E-state index is 12.3. The minimum atomic E-state index is -0.509. The zero-order valence-corrected chi connectivity index (χ0v) is 12.2. The quantitative estimate of drug-likeness (QED) is 0.875. The Kier molecular flexibility index (Phi) is 4.39. The Morgan fingerprint density at radius 3 is 2.80 bits per heavy atom. The lowest BCUT2D eigenvalue weighted by Crippen LogP contribution is -2.38. The van der Waals surface area contributed by atoms with Crippen molar-refractivity contribution in [2.75, 3.05) is 0 Å². The molecule has 0 atom stereocenters. The molecule has 0 fully saturated rings. The van der Waals surface area contributed by atoms with E-state index >= 15 is 0 Å². The van der Waals surface area contributed by atoms with Crippen molar-refractivity contribution in [3.05, 3.63) is 61.1 Å². The smallest absolute Gasteiger partial charge is 0.297 e.